The van der Waals surface area contributed by atoms with Crippen LogP contribution in [0.4, 0.5) is 17.1 Å². The van der Waals surface area contributed by atoms with E-state index in [1.54, 1.807) is 12.1 Å². The molecule has 0 spiro atoms. The summed E-state index contributed by atoms with van der Waals surface area (Å²) in [6.45, 7) is 7.11. The molecule has 1 heterocycles. The van der Waals surface area contributed by atoms with Crippen molar-refractivity contribution in [2.45, 2.75) is 33.1 Å². The zero-order valence-electron chi connectivity index (χ0n) is 12.3. The molecule has 1 aliphatic heterocycles. The second kappa shape index (κ2) is 6.59. The molecule has 20 heavy (non-hydrogen) atoms. The fraction of sp³-hybridized carbons (Fsp3) is 0.600. The van der Waals surface area contributed by atoms with Crippen LogP contribution in [-0.4, -0.2) is 24.6 Å². The molecule has 1 aliphatic rings. The lowest BCUT2D eigenvalue weighted by Crippen LogP contribution is -2.19. The van der Waals surface area contributed by atoms with Crippen LogP contribution in [0.5, 0.6) is 0 Å². The van der Waals surface area contributed by atoms with Gasteiger partial charge in [0, 0.05) is 43.1 Å². The normalized spacial score (nSPS) is 18.3. The van der Waals surface area contributed by atoms with Gasteiger partial charge in [0.2, 0.25) is 0 Å². The Balaban J connectivity index is 2.22. The van der Waals surface area contributed by atoms with Crippen LogP contribution in [0.25, 0.3) is 0 Å². The van der Waals surface area contributed by atoms with Gasteiger partial charge in [0.1, 0.15) is 0 Å². The Kier molecular flexibility index (Phi) is 4.82. The highest BCUT2D eigenvalue weighted by Gasteiger charge is 2.23. The number of nitrogens with one attached hydrogen (secondary N) is 1. The minimum absolute atomic E-state index is 0.168. The molecule has 1 aromatic rings. The predicted molar refractivity (Wildman–Crippen MR) is 82.5 cm³/mol. The number of nitrogens with zero attached hydrogens (tertiary/aromatic N) is 2. The first-order valence-electron chi connectivity index (χ1n) is 7.42. The lowest BCUT2D eigenvalue weighted by molar-refractivity contribution is -0.384. The van der Waals surface area contributed by atoms with Crippen molar-refractivity contribution in [1.29, 1.82) is 0 Å². The Morgan fingerprint density at radius 3 is 2.80 bits per heavy atom. The Morgan fingerprint density at radius 1 is 1.40 bits per heavy atom. The molecule has 0 aliphatic carbocycles. The van der Waals surface area contributed by atoms with Crippen LogP contribution in [-0.2, 0) is 0 Å². The Labute approximate surface area is 120 Å². The molecule has 1 atom stereocenters. The van der Waals surface area contributed by atoms with E-state index in [2.05, 4.69) is 24.1 Å². The van der Waals surface area contributed by atoms with Crippen molar-refractivity contribution in [1.82, 2.24) is 0 Å². The van der Waals surface area contributed by atoms with E-state index in [-0.39, 0.29) is 10.6 Å². The fourth-order valence-electron chi connectivity index (χ4n) is 2.65. The molecular weight excluding hydrogens is 254 g/mol. The predicted octanol–water partition coefficient (Wildman–Crippen LogP) is 3.65. The fourth-order valence-corrected chi connectivity index (χ4v) is 2.65. The number of hydrogen-bond donors (Lipinski definition) is 1. The monoisotopic (exact) mass is 277 g/mol. The maximum atomic E-state index is 11.1. The largest absolute Gasteiger partial charge is 0.385 e. The number of non-ortho nitro benzene ring substituents is 1. The van der Waals surface area contributed by atoms with E-state index in [1.807, 2.05) is 6.07 Å². The van der Waals surface area contributed by atoms with Gasteiger partial charge in [-0.25, -0.2) is 0 Å². The van der Waals surface area contributed by atoms with Gasteiger partial charge in [0.15, 0.2) is 0 Å². The van der Waals surface area contributed by atoms with E-state index in [9.17, 15) is 10.1 Å². The molecule has 1 N–H and O–H groups in total. The summed E-state index contributed by atoms with van der Waals surface area (Å²) in [6.07, 6.45) is 3.35. The number of benzene rings is 1. The van der Waals surface area contributed by atoms with Gasteiger partial charge < -0.3 is 10.2 Å². The highest BCUT2D eigenvalue weighted by Crippen LogP contribution is 2.31. The van der Waals surface area contributed by atoms with Gasteiger partial charge in [-0.1, -0.05) is 20.3 Å². The van der Waals surface area contributed by atoms with Crippen LogP contribution in [0.3, 0.4) is 0 Å². The maximum Gasteiger partial charge on any atom is 0.273 e. The topological polar surface area (TPSA) is 58.4 Å². The number of rotatable bonds is 6. The third-order valence-corrected chi connectivity index (χ3v) is 3.92. The first kappa shape index (κ1) is 14.6. The van der Waals surface area contributed by atoms with Gasteiger partial charge in [-0.15, -0.1) is 0 Å². The van der Waals surface area contributed by atoms with Crippen LogP contribution < -0.4 is 10.2 Å². The van der Waals surface area contributed by atoms with Crippen molar-refractivity contribution in [2.75, 3.05) is 29.9 Å². The highest BCUT2D eigenvalue weighted by molar-refractivity contribution is 5.64. The molecular formula is C15H23N3O2. The zero-order chi connectivity index (χ0) is 14.5. The summed E-state index contributed by atoms with van der Waals surface area (Å²) in [5.41, 5.74) is 1.98. The van der Waals surface area contributed by atoms with Gasteiger partial charge in [-0.2, -0.15) is 0 Å². The SMILES string of the molecule is CCCNc1cc(N2CCC(CC)C2)cc([N+](=O)[O-])c1. The molecule has 110 valence electrons. The molecule has 0 aromatic heterocycles. The highest BCUT2D eigenvalue weighted by atomic mass is 16.6. The molecule has 0 saturated carbocycles. The lowest BCUT2D eigenvalue weighted by atomic mass is 10.1. The van der Waals surface area contributed by atoms with Crippen molar-refractivity contribution >= 4 is 17.1 Å². The molecule has 0 amide bonds. The van der Waals surface area contributed by atoms with Crippen LogP contribution in [0, 0.1) is 16.0 Å². The van der Waals surface area contributed by atoms with Gasteiger partial charge in [-0.05, 0) is 24.8 Å². The van der Waals surface area contributed by atoms with Gasteiger partial charge in [0.25, 0.3) is 5.69 Å². The zero-order valence-corrected chi connectivity index (χ0v) is 12.3. The standard InChI is InChI=1S/C15H23N3O2/c1-3-6-16-13-8-14(10-15(9-13)18(19)20)17-7-5-12(4-2)11-17/h8-10,12,16H,3-7,11H2,1-2H3. The van der Waals surface area contributed by atoms with Crippen molar-refractivity contribution < 1.29 is 4.92 Å². The van der Waals surface area contributed by atoms with E-state index in [1.165, 1.54) is 12.8 Å². The van der Waals surface area contributed by atoms with Crippen molar-refractivity contribution in [3.63, 3.8) is 0 Å². The molecule has 1 unspecified atom stereocenters. The molecule has 0 radical (unpaired) electrons. The Bertz CT molecular complexity index is 476. The molecule has 1 aromatic carbocycles. The van der Waals surface area contributed by atoms with E-state index in [0.29, 0.717) is 5.92 Å². The second-order valence-corrected chi connectivity index (χ2v) is 5.43. The van der Waals surface area contributed by atoms with Crippen molar-refractivity contribution in [3.05, 3.63) is 28.3 Å². The van der Waals surface area contributed by atoms with E-state index in [0.717, 1.165) is 37.4 Å². The van der Waals surface area contributed by atoms with Crippen LogP contribution in [0.2, 0.25) is 0 Å². The number of hydrogen-bond acceptors (Lipinski definition) is 4. The summed E-state index contributed by atoms with van der Waals surface area (Å²) >= 11 is 0. The summed E-state index contributed by atoms with van der Waals surface area (Å²) in [5, 5.41) is 14.3. The van der Waals surface area contributed by atoms with Crippen LogP contribution in [0.15, 0.2) is 18.2 Å². The summed E-state index contributed by atoms with van der Waals surface area (Å²) in [5.74, 6) is 0.710. The average molecular weight is 277 g/mol. The van der Waals surface area contributed by atoms with E-state index in [4.69, 9.17) is 0 Å². The summed E-state index contributed by atoms with van der Waals surface area (Å²) in [6, 6.07) is 5.34. The average Bonchev–Trinajstić information content (AvgIpc) is 2.93. The number of anilines is 2. The first-order chi connectivity index (χ1) is 9.63. The van der Waals surface area contributed by atoms with Crippen LogP contribution in [0.1, 0.15) is 33.1 Å². The second-order valence-electron chi connectivity index (χ2n) is 5.43. The summed E-state index contributed by atoms with van der Waals surface area (Å²) in [4.78, 5) is 13.0. The quantitative estimate of drug-likeness (QED) is 0.637. The summed E-state index contributed by atoms with van der Waals surface area (Å²) in [7, 11) is 0. The third-order valence-electron chi connectivity index (χ3n) is 3.92. The molecule has 1 saturated heterocycles. The van der Waals surface area contributed by atoms with Gasteiger partial charge >= 0.3 is 0 Å². The Morgan fingerprint density at radius 2 is 2.20 bits per heavy atom. The van der Waals surface area contributed by atoms with Crippen molar-refractivity contribution in [3.8, 4) is 0 Å². The lowest BCUT2D eigenvalue weighted by Gasteiger charge is -2.19. The Hall–Kier alpha value is -1.78. The first-order valence-corrected chi connectivity index (χ1v) is 7.42. The molecule has 0 bridgehead atoms. The minimum atomic E-state index is -0.312. The molecule has 1 fully saturated rings. The molecule has 2 rings (SSSR count). The van der Waals surface area contributed by atoms with Gasteiger partial charge in [-0.3, -0.25) is 10.1 Å². The molecule has 5 nitrogen and oxygen atoms in total. The third kappa shape index (κ3) is 3.40. The van der Waals surface area contributed by atoms with Gasteiger partial charge in [0.05, 0.1) is 4.92 Å². The van der Waals surface area contributed by atoms with Crippen LogP contribution >= 0.6 is 0 Å². The molecule has 5 heteroatoms. The van der Waals surface area contributed by atoms with E-state index < -0.39 is 0 Å². The minimum Gasteiger partial charge on any atom is -0.385 e. The maximum absolute atomic E-state index is 11.1. The summed E-state index contributed by atoms with van der Waals surface area (Å²) < 4.78 is 0. The van der Waals surface area contributed by atoms with E-state index >= 15 is 0 Å². The van der Waals surface area contributed by atoms with Crippen molar-refractivity contribution in [2.24, 2.45) is 5.92 Å². The number of nitro groups is 1. The smallest absolute Gasteiger partial charge is 0.273 e. The number of nitro benzene ring substituents is 1.